The zero-order valence-electron chi connectivity index (χ0n) is 11.2. The Bertz CT molecular complexity index is 393. The molecule has 0 bridgehead atoms. The van der Waals surface area contributed by atoms with Gasteiger partial charge in [0.15, 0.2) is 0 Å². The summed E-state index contributed by atoms with van der Waals surface area (Å²) in [5.74, 6) is 0. The van der Waals surface area contributed by atoms with Crippen LogP contribution in [0.2, 0.25) is 5.02 Å². The van der Waals surface area contributed by atoms with Crippen LogP contribution in [0.15, 0.2) is 24.3 Å². The van der Waals surface area contributed by atoms with E-state index in [2.05, 4.69) is 5.32 Å². The first-order valence-corrected chi connectivity index (χ1v) is 6.93. The van der Waals surface area contributed by atoms with Crippen molar-refractivity contribution >= 4 is 17.6 Å². The number of hydrogen-bond donors (Lipinski definition) is 2. The largest absolute Gasteiger partial charge is 0.395 e. The topological polar surface area (TPSA) is 52.6 Å². The van der Waals surface area contributed by atoms with Crippen LogP contribution in [0.1, 0.15) is 18.9 Å². The first kappa shape index (κ1) is 15.8. The molecule has 2 N–H and O–H groups in total. The average Bonchev–Trinajstić information content (AvgIpc) is 2.40. The van der Waals surface area contributed by atoms with E-state index in [0.717, 1.165) is 17.0 Å². The highest BCUT2D eigenvalue weighted by Crippen LogP contribution is 2.14. The van der Waals surface area contributed by atoms with Gasteiger partial charge in [0.25, 0.3) is 0 Å². The summed E-state index contributed by atoms with van der Waals surface area (Å²) < 4.78 is 0. The summed E-state index contributed by atoms with van der Waals surface area (Å²) in [6, 6.07) is 7.47. The summed E-state index contributed by atoms with van der Waals surface area (Å²) in [7, 11) is 0. The summed E-state index contributed by atoms with van der Waals surface area (Å²) >= 11 is 6.05. The number of benzene rings is 1. The van der Waals surface area contributed by atoms with E-state index in [1.165, 1.54) is 0 Å². The van der Waals surface area contributed by atoms with Crippen LogP contribution in [0.5, 0.6) is 0 Å². The second kappa shape index (κ2) is 8.77. The molecule has 0 heterocycles. The lowest BCUT2D eigenvalue weighted by Gasteiger charge is -2.21. The third kappa shape index (κ3) is 5.49. The van der Waals surface area contributed by atoms with E-state index in [1.807, 2.05) is 31.2 Å². The third-order valence-electron chi connectivity index (χ3n) is 2.78. The van der Waals surface area contributed by atoms with E-state index in [0.29, 0.717) is 26.1 Å². The maximum atomic E-state index is 11.9. The van der Waals surface area contributed by atoms with Gasteiger partial charge in [0.2, 0.25) is 0 Å². The smallest absolute Gasteiger partial charge is 0.317 e. The van der Waals surface area contributed by atoms with Crippen LogP contribution in [-0.2, 0) is 6.42 Å². The molecule has 5 heteroatoms. The number of nitrogens with zero attached hydrogens (tertiary/aromatic N) is 1. The van der Waals surface area contributed by atoms with Crippen molar-refractivity contribution in [2.75, 3.05) is 26.2 Å². The number of halogens is 1. The summed E-state index contributed by atoms with van der Waals surface area (Å²) in [5.41, 5.74) is 1.02. The van der Waals surface area contributed by atoms with Crippen LogP contribution >= 0.6 is 11.6 Å². The number of aliphatic hydroxyl groups is 1. The number of aliphatic hydroxyl groups excluding tert-OH is 1. The van der Waals surface area contributed by atoms with Gasteiger partial charge >= 0.3 is 6.03 Å². The van der Waals surface area contributed by atoms with Crippen LogP contribution in [0.3, 0.4) is 0 Å². The SMILES string of the molecule is CCCN(CCO)C(=O)NCCc1ccccc1Cl. The molecule has 0 aliphatic rings. The Morgan fingerprint density at radius 1 is 1.37 bits per heavy atom. The number of nitrogens with one attached hydrogen (secondary N) is 1. The van der Waals surface area contributed by atoms with Gasteiger partial charge in [-0.15, -0.1) is 0 Å². The number of urea groups is 1. The molecule has 2 amide bonds. The Labute approximate surface area is 119 Å². The van der Waals surface area contributed by atoms with Gasteiger partial charge in [0.1, 0.15) is 0 Å². The normalized spacial score (nSPS) is 10.3. The highest BCUT2D eigenvalue weighted by molar-refractivity contribution is 6.31. The molecule has 0 aromatic heterocycles. The quantitative estimate of drug-likeness (QED) is 0.807. The van der Waals surface area contributed by atoms with Gasteiger partial charge in [-0.3, -0.25) is 0 Å². The third-order valence-corrected chi connectivity index (χ3v) is 3.15. The van der Waals surface area contributed by atoms with Crippen LogP contribution in [0.25, 0.3) is 0 Å². The van der Waals surface area contributed by atoms with E-state index in [4.69, 9.17) is 16.7 Å². The van der Waals surface area contributed by atoms with Crippen molar-refractivity contribution in [1.29, 1.82) is 0 Å². The van der Waals surface area contributed by atoms with E-state index >= 15 is 0 Å². The van der Waals surface area contributed by atoms with Gasteiger partial charge in [-0.1, -0.05) is 36.7 Å². The zero-order valence-corrected chi connectivity index (χ0v) is 12.0. The Hall–Kier alpha value is -1.26. The molecule has 0 unspecified atom stereocenters. The van der Waals surface area contributed by atoms with Gasteiger partial charge in [0.05, 0.1) is 6.61 Å². The Morgan fingerprint density at radius 3 is 2.74 bits per heavy atom. The number of carbonyl (C=O) groups is 1. The van der Waals surface area contributed by atoms with Gasteiger partial charge in [-0.05, 0) is 24.5 Å². The van der Waals surface area contributed by atoms with Crippen molar-refractivity contribution in [1.82, 2.24) is 10.2 Å². The minimum Gasteiger partial charge on any atom is -0.395 e. The van der Waals surface area contributed by atoms with Crippen LogP contribution in [0, 0.1) is 0 Å². The monoisotopic (exact) mass is 284 g/mol. The standard InChI is InChI=1S/C14H21ClN2O2/c1-2-9-17(10-11-18)14(19)16-8-7-12-5-3-4-6-13(12)15/h3-6,18H,2,7-11H2,1H3,(H,16,19). The molecular weight excluding hydrogens is 264 g/mol. The molecule has 106 valence electrons. The number of amides is 2. The predicted octanol–water partition coefficient (Wildman–Crippen LogP) is 2.30. The maximum absolute atomic E-state index is 11.9. The summed E-state index contributed by atoms with van der Waals surface area (Å²) in [6.45, 7) is 3.54. The van der Waals surface area contributed by atoms with Crippen LogP contribution in [0.4, 0.5) is 4.79 Å². The fraction of sp³-hybridized carbons (Fsp3) is 0.500. The molecule has 0 fully saturated rings. The molecule has 0 saturated heterocycles. The van der Waals surface area contributed by atoms with Crippen molar-refractivity contribution < 1.29 is 9.90 Å². The molecule has 0 saturated carbocycles. The van der Waals surface area contributed by atoms with Crippen molar-refractivity contribution in [3.8, 4) is 0 Å². The molecule has 1 aromatic rings. The van der Waals surface area contributed by atoms with Crippen molar-refractivity contribution in [3.63, 3.8) is 0 Å². The van der Waals surface area contributed by atoms with Gasteiger partial charge in [-0.25, -0.2) is 4.79 Å². The number of carbonyl (C=O) groups excluding carboxylic acids is 1. The fourth-order valence-electron chi connectivity index (χ4n) is 1.82. The minimum absolute atomic E-state index is 0.0159. The van der Waals surface area contributed by atoms with Gasteiger partial charge in [0, 0.05) is 24.7 Å². The summed E-state index contributed by atoms with van der Waals surface area (Å²) in [6.07, 6.45) is 1.57. The van der Waals surface area contributed by atoms with E-state index in [-0.39, 0.29) is 12.6 Å². The summed E-state index contributed by atoms with van der Waals surface area (Å²) in [4.78, 5) is 13.5. The molecule has 0 atom stereocenters. The second-order valence-corrected chi connectivity index (χ2v) is 4.69. The van der Waals surface area contributed by atoms with Crippen molar-refractivity contribution in [2.45, 2.75) is 19.8 Å². The molecule has 0 aliphatic carbocycles. The second-order valence-electron chi connectivity index (χ2n) is 4.28. The molecule has 19 heavy (non-hydrogen) atoms. The Balaban J connectivity index is 2.39. The first-order valence-electron chi connectivity index (χ1n) is 6.56. The number of hydrogen-bond acceptors (Lipinski definition) is 2. The molecule has 0 aliphatic heterocycles. The lowest BCUT2D eigenvalue weighted by Crippen LogP contribution is -2.42. The molecule has 1 aromatic carbocycles. The van der Waals surface area contributed by atoms with Crippen LogP contribution in [-0.4, -0.2) is 42.3 Å². The first-order chi connectivity index (χ1) is 9.19. The average molecular weight is 285 g/mol. The zero-order chi connectivity index (χ0) is 14.1. The lowest BCUT2D eigenvalue weighted by molar-refractivity contribution is 0.177. The van der Waals surface area contributed by atoms with Gasteiger partial charge in [-0.2, -0.15) is 0 Å². The molecule has 0 spiro atoms. The minimum atomic E-state index is -0.136. The lowest BCUT2D eigenvalue weighted by atomic mass is 10.1. The fourth-order valence-corrected chi connectivity index (χ4v) is 2.05. The molecule has 0 radical (unpaired) electrons. The van der Waals surface area contributed by atoms with Crippen molar-refractivity contribution in [3.05, 3.63) is 34.9 Å². The van der Waals surface area contributed by atoms with Crippen molar-refractivity contribution in [2.24, 2.45) is 0 Å². The highest BCUT2D eigenvalue weighted by Gasteiger charge is 2.11. The Kier molecular flexibility index (Phi) is 7.30. The Morgan fingerprint density at radius 2 is 2.11 bits per heavy atom. The molecule has 4 nitrogen and oxygen atoms in total. The van der Waals surface area contributed by atoms with E-state index in [1.54, 1.807) is 4.90 Å². The van der Waals surface area contributed by atoms with Gasteiger partial charge < -0.3 is 15.3 Å². The van der Waals surface area contributed by atoms with E-state index in [9.17, 15) is 4.79 Å². The molecule has 1 rings (SSSR count). The summed E-state index contributed by atoms with van der Waals surface area (Å²) in [5, 5.41) is 12.5. The van der Waals surface area contributed by atoms with Crippen LogP contribution < -0.4 is 5.32 Å². The highest BCUT2D eigenvalue weighted by atomic mass is 35.5. The maximum Gasteiger partial charge on any atom is 0.317 e. The predicted molar refractivity (Wildman–Crippen MR) is 77.5 cm³/mol. The number of rotatable bonds is 7. The van der Waals surface area contributed by atoms with E-state index < -0.39 is 0 Å². The molecular formula is C14H21ClN2O2.